The van der Waals surface area contributed by atoms with Crippen LogP contribution >= 0.6 is 23.5 Å². The largest absolute Gasteiger partial charge is 0.790 e. The first-order chi connectivity index (χ1) is 5.41. The maximum atomic E-state index is 10.1. The summed E-state index contributed by atoms with van der Waals surface area (Å²) in [7, 11) is -17.9. The van der Waals surface area contributed by atoms with E-state index in [1.54, 1.807) is 0 Å². The Morgan fingerprint density at radius 2 is 0.722 bits per heavy atom. The minimum absolute atomic E-state index is 0. The minimum atomic E-state index is -5.97. The molecule has 0 N–H and O–H groups in total. The van der Waals surface area contributed by atoms with Crippen molar-refractivity contribution in [3.05, 3.63) is 37.1 Å². The van der Waals surface area contributed by atoms with Gasteiger partial charge in [0.1, 0.15) is 0 Å². The molecule has 0 saturated heterocycles. The Balaban J connectivity index is -0.0000000720. The highest BCUT2D eigenvalue weighted by molar-refractivity contribution is 7.64. The maximum Gasteiger partial charge on any atom is 0.275 e. The van der Waals surface area contributed by atoms with Gasteiger partial charge in [-0.1, -0.05) is 0 Å². The lowest BCUT2D eigenvalue weighted by Crippen LogP contribution is -2.22. The highest BCUT2D eigenvalue weighted by Gasteiger charge is 2.13. The molecule has 0 radical (unpaired) electrons. The van der Waals surface area contributed by atoms with Gasteiger partial charge in [-0.15, -0.1) is 0 Å². The highest BCUT2D eigenvalue weighted by Crippen LogP contribution is 2.57. The fourth-order valence-corrected chi connectivity index (χ4v) is 2.61. The Morgan fingerprint density at radius 3 is 0.833 bits per heavy atom. The van der Waals surface area contributed by atoms with Crippen LogP contribution in [0.4, 0.5) is 0 Å². The zero-order valence-electron chi connectivity index (χ0n) is 10.4. The van der Waals surface area contributed by atoms with Crippen molar-refractivity contribution in [1.82, 2.24) is 0 Å². The standard InChI is InChI=1S/5CH3.H5O10P3/c;;;;;1-11(2,3)9-13(7,8)10-12(4,5)6/h5*1H3;(H,7,8)(H2,1,2,3)(H2,4,5,6)/q5*+1;/p-5. The summed E-state index contributed by atoms with van der Waals surface area (Å²) in [6.45, 7) is 0. The van der Waals surface area contributed by atoms with Crippen LogP contribution in [0.2, 0.25) is 0 Å². The molecule has 13 heteroatoms. The van der Waals surface area contributed by atoms with Gasteiger partial charge in [0.25, 0.3) is 7.82 Å². The summed E-state index contributed by atoms with van der Waals surface area (Å²) < 4.78 is 34.7. The first-order valence-electron chi connectivity index (χ1n) is 2.19. The lowest BCUT2D eigenvalue weighted by Gasteiger charge is -2.40. The molecule has 0 amide bonds. The molecule has 0 bridgehead atoms. The lowest BCUT2D eigenvalue weighted by molar-refractivity contribution is -0.345. The number of rotatable bonds is 4. The predicted molar refractivity (Wildman–Crippen MR) is 57.1 cm³/mol. The summed E-state index contributed by atoms with van der Waals surface area (Å²) in [6.07, 6.45) is 0. The molecule has 0 aliphatic carbocycles. The molecule has 0 aliphatic rings. The van der Waals surface area contributed by atoms with Crippen LogP contribution in [-0.2, 0) is 22.3 Å². The van der Waals surface area contributed by atoms with Crippen LogP contribution < -0.4 is 24.5 Å². The maximum absolute atomic E-state index is 10.1. The van der Waals surface area contributed by atoms with E-state index in [0.29, 0.717) is 0 Å². The molecule has 0 fully saturated rings. The average molecular weight is 328 g/mol. The van der Waals surface area contributed by atoms with E-state index in [1.165, 1.54) is 0 Å². The van der Waals surface area contributed by atoms with Crippen molar-refractivity contribution < 1.29 is 46.8 Å². The van der Waals surface area contributed by atoms with E-state index in [9.17, 15) is 38.2 Å². The van der Waals surface area contributed by atoms with Crippen molar-refractivity contribution in [2.24, 2.45) is 0 Å². The summed E-state index contributed by atoms with van der Waals surface area (Å²) in [5, 5.41) is 0. The van der Waals surface area contributed by atoms with Crippen LogP contribution in [0.5, 0.6) is 0 Å². The van der Waals surface area contributed by atoms with Crippen molar-refractivity contribution >= 4 is 23.5 Å². The molecule has 0 atom stereocenters. The molecule has 10 nitrogen and oxygen atoms in total. The summed E-state index contributed by atoms with van der Waals surface area (Å²) in [4.78, 5) is 48.6. The third kappa shape index (κ3) is 24.8. The van der Waals surface area contributed by atoms with Crippen LogP contribution in [0.15, 0.2) is 0 Å². The van der Waals surface area contributed by atoms with E-state index >= 15 is 0 Å². The van der Waals surface area contributed by atoms with Crippen LogP contribution in [0, 0.1) is 37.1 Å². The fourth-order valence-electron chi connectivity index (χ4n) is 0.260. The summed E-state index contributed by atoms with van der Waals surface area (Å²) in [6, 6.07) is 0. The number of phosphoric acid groups is 3. The highest BCUT2D eigenvalue weighted by atomic mass is 31.3. The van der Waals surface area contributed by atoms with Gasteiger partial charge in [0, 0.05) is 37.1 Å². The quantitative estimate of drug-likeness (QED) is 0.429. The van der Waals surface area contributed by atoms with Gasteiger partial charge in [0.2, 0.25) is 0 Å². The van der Waals surface area contributed by atoms with E-state index in [1.807, 2.05) is 0 Å². The van der Waals surface area contributed by atoms with Crippen LogP contribution in [0.25, 0.3) is 0 Å². The molecule has 110 valence electrons. The molecule has 0 aromatic rings. The number of hydrogen-bond donors (Lipinski definition) is 0. The van der Waals surface area contributed by atoms with Gasteiger partial charge in [-0.3, -0.25) is 13.2 Å². The second kappa shape index (κ2) is 10.7. The van der Waals surface area contributed by atoms with E-state index in [0.717, 1.165) is 0 Å². The molecule has 0 spiro atoms. The summed E-state index contributed by atoms with van der Waals surface area (Å²) in [5.74, 6) is 0. The Bertz CT molecular complexity index is 287. The topological polar surface area (TPSA) is 185 Å². The third-order valence-corrected chi connectivity index (χ3v) is 3.60. The van der Waals surface area contributed by atoms with Gasteiger partial charge < -0.3 is 33.6 Å². The Hall–Kier alpha value is -0.240. The molecule has 0 aliphatic heterocycles. The summed E-state index contributed by atoms with van der Waals surface area (Å²) >= 11 is 0. The fraction of sp³-hybridized carbons (Fsp3) is 0. The second-order valence-corrected chi connectivity index (χ2v) is 5.49. The smallest absolute Gasteiger partial charge is 0.275 e. The van der Waals surface area contributed by atoms with Crippen molar-refractivity contribution in [1.29, 1.82) is 0 Å². The Morgan fingerprint density at radius 1 is 0.556 bits per heavy atom. The van der Waals surface area contributed by atoms with Gasteiger partial charge in [-0.2, -0.15) is 0 Å². The molecule has 0 rings (SSSR count). The van der Waals surface area contributed by atoms with E-state index in [4.69, 9.17) is 0 Å². The predicted octanol–water partition coefficient (Wildman–Crippen LogP) is -1.60. The van der Waals surface area contributed by atoms with Gasteiger partial charge in [-0.25, -0.2) is 0 Å². The molecule has 0 aromatic heterocycles. The minimum Gasteiger partial charge on any atom is -0.790 e. The van der Waals surface area contributed by atoms with Crippen molar-refractivity contribution in [2.75, 3.05) is 0 Å². The van der Waals surface area contributed by atoms with Gasteiger partial charge in [0.05, 0.1) is 15.6 Å². The van der Waals surface area contributed by atoms with Crippen LogP contribution in [0.3, 0.4) is 0 Å². The second-order valence-electron chi connectivity index (χ2n) is 1.50. The average Bonchev–Trinajstić information content (AvgIpc) is 1.43. The Kier molecular flexibility index (Phi) is 21.4. The van der Waals surface area contributed by atoms with Gasteiger partial charge >= 0.3 is 0 Å². The number of hydrogen-bond acceptors (Lipinski definition) is 10. The molecule has 0 aromatic carbocycles. The molecule has 18 heavy (non-hydrogen) atoms. The first kappa shape index (κ1) is 36.1. The van der Waals surface area contributed by atoms with E-state index < -0.39 is 23.5 Å². The molecular formula is C5H15O10P3. The molecule has 0 unspecified atom stereocenters. The third-order valence-electron chi connectivity index (χ3n) is 0.400. The van der Waals surface area contributed by atoms with Crippen molar-refractivity contribution in [2.45, 2.75) is 0 Å². The molecular weight excluding hydrogens is 313 g/mol. The van der Waals surface area contributed by atoms with Crippen molar-refractivity contribution in [3.8, 4) is 0 Å². The van der Waals surface area contributed by atoms with Gasteiger partial charge in [0.15, 0.2) is 0 Å². The zero-order valence-corrected chi connectivity index (χ0v) is 13.1. The van der Waals surface area contributed by atoms with E-state index in [2.05, 4.69) is 8.62 Å². The lowest BCUT2D eigenvalue weighted by atomic mass is 12.0. The van der Waals surface area contributed by atoms with Crippen LogP contribution in [0.1, 0.15) is 0 Å². The normalized spacial score (nSPS) is 10.5. The summed E-state index contributed by atoms with van der Waals surface area (Å²) in [5.41, 5.74) is 0. The monoisotopic (exact) mass is 328 g/mol. The Labute approximate surface area is 108 Å². The van der Waals surface area contributed by atoms with Crippen LogP contribution in [-0.4, -0.2) is 0 Å². The molecule has 0 saturated carbocycles. The first-order valence-corrected chi connectivity index (χ1v) is 6.57. The van der Waals surface area contributed by atoms with Gasteiger partial charge in [-0.05, 0) is 0 Å². The zero-order chi connectivity index (χ0) is 10.9. The van der Waals surface area contributed by atoms with E-state index in [-0.39, 0.29) is 37.1 Å². The molecule has 0 heterocycles. The van der Waals surface area contributed by atoms with Crippen molar-refractivity contribution in [3.63, 3.8) is 0 Å². The SMILES string of the molecule is O=P([O-])([O-])OP(=O)([O-])OP(=O)([O-])[O-].[CH3+].[CH3+].[CH3+].[CH3+].[CH3+].